The van der Waals surface area contributed by atoms with Gasteiger partial charge in [0.25, 0.3) is 0 Å². The fraction of sp³-hybridized carbons (Fsp3) is 0.0909. The number of hydrazone groups is 1. The molecule has 1 N–H and O–H groups in total. The summed E-state index contributed by atoms with van der Waals surface area (Å²) in [6.45, 7) is 0. The van der Waals surface area contributed by atoms with E-state index in [2.05, 4.69) is 20.1 Å². The number of rotatable bonds is 3. The average Bonchev–Trinajstić information content (AvgIpc) is 2.37. The monoisotopic (exact) mass is 245 g/mol. The fourth-order valence-electron chi connectivity index (χ4n) is 1.22. The van der Waals surface area contributed by atoms with E-state index in [1.807, 2.05) is 19.2 Å². The minimum Gasteiger partial charge on any atom is -0.316 e. The highest BCUT2D eigenvalue weighted by Crippen LogP contribution is 2.06. The van der Waals surface area contributed by atoms with Crippen LogP contribution in [-0.4, -0.2) is 28.2 Å². The first-order valence-electron chi connectivity index (χ1n) is 4.99. The first-order chi connectivity index (χ1) is 8.25. The molecule has 2 heterocycles. The number of nitrogens with one attached hydrogen (secondary N) is 1. The number of anilines is 1. The molecular formula is C11H11N5S. The van der Waals surface area contributed by atoms with Gasteiger partial charge in [0, 0.05) is 31.2 Å². The smallest absolute Gasteiger partial charge is 0.198 e. The molecule has 0 aliphatic heterocycles. The van der Waals surface area contributed by atoms with Gasteiger partial charge < -0.3 is 4.98 Å². The van der Waals surface area contributed by atoms with Crippen molar-refractivity contribution in [3.63, 3.8) is 0 Å². The van der Waals surface area contributed by atoms with E-state index in [1.54, 1.807) is 35.9 Å². The molecule has 0 aromatic carbocycles. The molecule has 0 amide bonds. The van der Waals surface area contributed by atoms with E-state index in [9.17, 15) is 0 Å². The van der Waals surface area contributed by atoms with Gasteiger partial charge in [0.05, 0.1) is 6.21 Å². The van der Waals surface area contributed by atoms with Gasteiger partial charge in [-0.3, -0.25) is 9.99 Å². The van der Waals surface area contributed by atoms with Crippen molar-refractivity contribution in [1.29, 1.82) is 0 Å². The number of aromatic amines is 1. The van der Waals surface area contributed by atoms with Crippen molar-refractivity contribution in [2.75, 3.05) is 12.1 Å². The second-order valence-electron chi connectivity index (χ2n) is 3.31. The first-order valence-corrected chi connectivity index (χ1v) is 5.39. The van der Waals surface area contributed by atoms with Crippen molar-refractivity contribution >= 4 is 24.3 Å². The second-order valence-corrected chi connectivity index (χ2v) is 3.70. The lowest BCUT2D eigenvalue weighted by atomic mass is 10.3. The Bertz CT molecular complexity index is 563. The van der Waals surface area contributed by atoms with E-state index < -0.39 is 0 Å². The number of aromatic nitrogens is 3. The molecular weight excluding hydrogens is 234 g/mol. The third-order valence-electron chi connectivity index (χ3n) is 2.07. The van der Waals surface area contributed by atoms with Gasteiger partial charge >= 0.3 is 0 Å². The van der Waals surface area contributed by atoms with Gasteiger partial charge in [0.2, 0.25) is 0 Å². The third-order valence-corrected chi connectivity index (χ3v) is 2.28. The molecule has 0 saturated heterocycles. The van der Waals surface area contributed by atoms with Gasteiger partial charge in [0.15, 0.2) is 4.77 Å². The van der Waals surface area contributed by atoms with E-state index in [0.717, 1.165) is 11.4 Å². The summed E-state index contributed by atoms with van der Waals surface area (Å²) >= 11 is 4.94. The Hall–Kier alpha value is -2.08. The summed E-state index contributed by atoms with van der Waals surface area (Å²) in [4.78, 5) is 10.9. The summed E-state index contributed by atoms with van der Waals surface area (Å²) in [7, 11) is 1.83. The average molecular weight is 245 g/mol. The first kappa shape index (κ1) is 11.4. The predicted octanol–water partition coefficient (Wildman–Crippen LogP) is 2.00. The van der Waals surface area contributed by atoms with Crippen LogP contribution in [0.5, 0.6) is 0 Å². The van der Waals surface area contributed by atoms with Crippen molar-refractivity contribution < 1.29 is 0 Å². The zero-order valence-electron chi connectivity index (χ0n) is 9.24. The van der Waals surface area contributed by atoms with Crippen LogP contribution in [0.15, 0.2) is 41.9 Å². The molecule has 6 heteroatoms. The van der Waals surface area contributed by atoms with Crippen molar-refractivity contribution in [3.8, 4) is 0 Å². The Kier molecular flexibility index (Phi) is 3.56. The second kappa shape index (κ2) is 5.31. The lowest BCUT2D eigenvalue weighted by Gasteiger charge is -2.11. The van der Waals surface area contributed by atoms with E-state index in [4.69, 9.17) is 12.2 Å². The van der Waals surface area contributed by atoms with Crippen LogP contribution >= 0.6 is 12.2 Å². The molecule has 0 spiro atoms. The highest BCUT2D eigenvalue weighted by molar-refractivity contribution is 7.71. The van der Waals surface area contributed by atoms with Gasteiger partial charge in [-0.15, -0.1) is 0 Å². The molecule has 5 nitrogen and oxygen atoms in total. The topological polar surface area (TPSA) is 57.2 Å². The molecule has 0 fully saturated rings. The number of nitrogens with zero attached hydrogens (tertiary/aromatic N) is 4. The van der Waals surface area contributed by atoms with Gasteiger partial charge in [0.1, 0.15) is 5.82 Å². The normalized spacial score (nSPS) is 10.6. The highest BCUT2D eigenvalue weighted by Gasteiger charge is 1.97. The van der Waals surface area contributed by atoms with Crippen LogP contribution < -0.4 is 5.01 Å². The SMILES string of the molecule is CN(N=Cc1cccnc1)c1ccnc(=S)[nH]1. The summed E-state index contributed by atoms with van der Waals surface area (Å²) in [5, 5.41) is 5.95. The van der Waals surface area contributed by atoms with Gasteiger partial charge in [-0.25, -0.2) is 4.98 Å². The van der Waals surface area contributed by atoms with Crippen molar-refractivity contribution in [2.45, 2.75) is 0 Å². The minimum atomic E-state index is 0.436. The maximum absolute atomic E-state index is 4.94. The summed E-state index contributed by atoms with van der Waals surface area (Å²) in [6, 6.07) is 5.59. The summed E-state index contributed by atoms with van der Waals surface area (Å²) < 4.78 is 0.436. The van der Waals surface area contributed by atoms with E-state index in [-0.39, 0.29) is 0 Å². The molecule has 2 aromatic rings. The largest absolute Gasteiger partial charge is 0.316 e. The van der Waals surface area contributed by atoms with Crippen molar-refractivity contribution in [1.82, 2.24) is 15.0 Å². The van der Waals surface area contributed by atoms with E-state index >= 15 is 0 Å². The van der Waals surface area contributed by atoms with Crippen LogP contribution in [0.4, 0.5) is 5.82 Å². The lowest BCUT2D eigenvalue weighted by Crippen LogP contribution is -2.10. The maximum Gasteiger partial charge on any atom is 0.198 e. The lowest BCUT2D eigenvalue weighted by molar-refractivity contribution is 0.960. The minimum absolute atomic E-state index is 0.436. The van der Waals surface area contributed by atoms with Gasteiger partial charge in [-0.05, 0) is 24.4 Å². The molecule has 0 aliphatic carbocycles. The van der Waals surface area contributed by atoms with Crippen molar-refractivity contribution in [2.24, 2.45) is 5.10 Å². The summed E-state index contributed by atoms with van der Waals surface area (Å²) in [5.41, 5.74) is 0.937. The quantitative estimate of drug-likeness (QED) is 0.510. The Morgan fingerprint density at radius 2 is 2.29 bits per heavy atom. The fourth-order valence-corrected chi connectivity index (χ4v) is 1.38. The van der Waals surface area contributed by atoms with Crippen molar-refractivity contribution in [3.05, 3.63) is 47.1 Å². The maximum atomic E-state index is 4.94. The molecule has 2 rings (SSSR count). The number of pyridine rings is 1. The Morgan fingerprint density at radius 1 is 1.41 bits per heavy atom. The third kappa shape index (κ3) is 3.18. The molecule has 0 atom stereocenters. The summed E-state index contributed by atoms with van der Waals surface area (Å²) in [6.07, 6.45) is 6.84. The molecule has 86 valence electrons. The molecule has 0 bridgehead atoms. The standard InChI is InChI=1S/C11H11N5S/c1-16(10-4-6-13-11(17)15-10)14-8-9-3-2-5-12-7-9/h2-8H,1H3,(H,13,15,17). The predicted molar refractivity (Wildman–Crippen MR) is 69.7 cm³/mol. The van der Waals surface area contributed by atoms with E-state index in [1.165, 1.54) is 0 Å². The number of hydrogen-bond donors (Lipinski definition) is 1. The van der Waals surface area contributed by atoms with Gasteiger partial charge in [-0.1, -0.05) is 6.07 Å². The van der Waals surface area contributed by atoms with E-state index in [0.29, 0.717) is 4.77 Å². The number of hydrogen-bond acceptors (Lipinski definition) is 5. The summed E-state index contributed by atoms with van der Waals surface area (Å²) in [5.74, 6) is 0.783. The highest BCUT2D eigenvalue weighted by atomic mass is 32.1. The molecule has 0 saturated carbocycles. The zero-order chi connectivity index (χ0) is 12.1. The van der Waals surface area contributed by atoms with Crippen LogP contribution in [0.1, 0.15) is 5.56 Å². The Balaban J connectivity index is 2.14. The molecule has 2 aromatic heterocycles. The van der Waals surface area contributed by atoms with Crippen LogP contribution in [0.2, 0.25) is 0 Å². The zero-order valence-corrected chi connectivity index (χ0v) is 10.1. The number of H-pyrrole nitrogens is 1. The van der Waals surface area contributed by atoms with Crippen LogP contribution in [-0.2, 0) is 0 Å². The van der Waals surface area contributed by atoms with Crippen LogP contribution in [0.3, 0.4) is 0 Å². The molecule has 0 unspecified atom stereocenters. The molecule has 0 aliphatic rings. The van der Waals surface area contributed by atoms with Crippen LogP contribution in [0.25, 0.3) is 0 Å². The van der Waals surface area contributed by atoms with Crippen LogP contribution in [0, 0.1) is 4.77 Å². The Morgan fingerprint density at radius 3 is 3.00 bits per heavy atom. The Labute approximate surface area is 104 Å². The van der Waals surface area contributed by atoms with Gasteiger partial charge in [-0.2, -0.15) is 5.10 Å². The molecule has 0 radical (unpaired) electrons. The molecule has 17 heavy (non-hydrogen) atoms.